The number of aromatic nitrogens is 2. The number of nitrogens with zero attached hydrogens (tertiary/aromatic N) is 2. The second-order valence-electron chi connectivity index (χ2n) is 7.04. The fraction of sp³-hybridized carbons (Fsp3) is 0.304. The normalized spacial score (nSPS) is 11.0. The van der Waals surface area contributed by atoms with Crippen LogP contribution < -0.4 is 0 Å². The van der Waals surface area contributed by atoms with Crippen LogP contribution >= 0.6 is 11.8 Å². The average molecular weight is 395 g/mol. The van der Waals surface area contributed by atoms with Gasteiger partial charge in [-0.05, 0) is 49.6 Å². The number of rotatable bonds is 7. The monoisotopic (exact) mass is 394 g/mol. The molecule has 0 radical (unpaired) electrons. The lowest BCUT2D eigenvalue weighted by molar-refractivity contribution is 0.0524. The molecule has 0 aliphatic carbocycles. The predicted octanol–water partition coefficient (Wildman–Crippen LogP) is 5.69. The first-order valence-corrected chi connectivity index (χ1v) is 10.3. The summed E-state index contributed by atoms with van der Waals surface area (Å²) in [6.07, 6.45) is 5.52. The molecule has 0 N–H and O–H groups in total. The molecule has 0 atom stereocenters. The molecular formula is C23H26N2O2S. The molecule has 0 bridgehead atoms. The van der Waals surface area contributed by atoms with Crippen molar-refractivity contribution >= 4 is 17.7 Å². The maximum absolute atomic E-state index is 12.6. The molecule has 0 aliphatic rings. The molecule has 0 aliphatic heterocycles. The lowest BCUT2D eigenvalue weighted by Gasteiger charge is -2.14. The molecule has 2 heterocycles. The number of aryl methyl sites for hydroxylation is 1. The third-order valence-electron chi connectivity index (χ3n) is 4.48. The Hall–Kier alpha value is -2.53. The quantitative estimate of drug-likeness (QED) is 0.483. The van der Waals surface area contributed by atoms with Crippen LogP contribution in [0.15, 0.2) is 64.9 Å². The number of hydrogen-bond acceptors (Lipinski definition) is 4. The van der Waals surface area contributed by atoms with Crippen molar-refractivity contribution in [3.63, 3.8) is 0 Å². The molecule has 0 fully saturated rings. The lowest BCUT2D eigenvalue weighted by Crippen LogP contribution is -2.07. The van der Waals surface area contributed by atoms with Gasteiger partial charge in [0.1, 0.15) is 0 Å². The molecule has 5 heteroatoms. The highest BCUT2D eigenvalue weighted by Gasteiger charge is 2.24. The number of hydrogen-bond donors (Lipinski definition) is 0. The van der Waals surface area contributed by atoms with Crippen molar-refractivity contribution in [1.29, 1.82) is 0 Å². The Morgan fingerprint density at radius 2 is 1.82 bits per heavy atom. The van der Waals surface area contributed by atoms with Crippen LogP contribution in [-0.2, 0) is 11.3 Å². The Morgan fingerprint density at radius 1 is 1.14 bits per heavy atom. The summed E-state index contributed by atoms with van der Waals surface area (Å²) >= 11 is 1.69. The molecule has 1 aromatic carbocycles. The summed E-state index contributed by atoms with van der Waals surface area (Å²) in [6.45, 7) is 9.20. The average Bonchev–Trinajstić information content (AvgIpc) is 3.03. The SMILES string of the molecule is CCOC(=O)c1cn(Cc2ccncc2)c(Sc2ccc(C)cc2)c1C(C)C. The van der Waals surface area contributed by atoms with E-state index in [0.717, 1.165) is 21.0 Å². The highest BCUT2D eigenvalue weighted by atomic mass is 32.2. The van der Waals surface area contributed by atoms with Crippen LogP contribution in [0, 0.1) is 6.92 Å². The van der Waals surface area contributed by atoms with Gasteiger partial charge < -0.3 is 9.30 Å². The smallest absolute Gasteiger partial charge is 0.340 e. The fourth-order valence-corrected chi connectivity index (χ4v) is 4.30. The van der Waals surface area contributed by atoms with Gasteiger partial charge in [0, 0.05) is 35.6 Å². The molecule has 2 aromatic heterocycles. The third kappa shape index (κ3) is 4.65. The number of esters is 1. The summed E-state index contributed by atoms with van der Waals surface area (Å²) in [5, 5.41) is 1.08. The van der Waals surface area contributed by atoms with Crippen LogP contribution in [0.3, 0.4) is 0 Å². The Labute approximate surface area is 171 Å². The highest BCUT2D eigenvalue weighted by molar-refractivity contribution is 7.99. The van der Waals surface area contributed by atoms with Crippen molar-refractivity contribution in [1.82, 2.24) is 9.55 Å². The maximum Gasteiger partial charge on any atom is 0.340 e. The Morgan fingerprint density at radius 3 is 2.43 bits per heavy atom. The van der Waals surface area contributed by atoms with E-state index in [-0.39, 0.29) is 11.9 Å². The van der Waals surface area contributed by atoms with Crippen molar-refractivity contribution in [2.45, 2.75) is 50.1 Å². The van der Waals surface area contributed by atoms with E-state index in [9.17, 15) is 4.79 Å². The summed E-state index contributed by atoms with van der Waals surface area (Å²) in [4.78, 5) is 17.9. The van der Waals surface area contributed by atoms with Gasteiger partial charge in [0.2, 0.25) is 0 Å². The summed E-state index contributed by atoms with van der Waals surface area (Å²) in [5.74, 6) is -0.0588. The first-order chi connectivity index (χ1) is 13.5. The van der Waals surface area contributed by atoms with E-state index >= 15 is 0 Å². The van der Waals surface area contributed by atoms with Crippen molar-refractivity contribution in [2.75, 3.05) is 6.61 Å². The van der Waals surface area contributed by atoms with Gasteiger partial charge in [-0.2, -0.15) is 0 Å². The zero-order valence-corrected chi connectivity index (χ0v) is 17.6. The van der Waals surface area contributed by atoms with E-state index in [4.69, 9.17) is 4.74 Å². The van der Waals surface area contributed by atoms with Crippen LogP contribution in [0.1, 0.15) is 53.7 Å². The maximum atomic E-state index is 12.6. The molecule has 0 unspecified atom stereocenters. The third-order valence-corrected chi connectivity index (χ3v) is 5.63. The number of pyridine rings is 1. The van der Waals surface area contributed by atoms with Crippen LogP contribution in [-0.4, -0.2) is 22.1 Å². The molecule has 0 saturated heterocycles. The Kier molecular flexibility index (Phi) is 6.57. The minimum absolute atomic E-state index is 0.200. The van der Waals surface area contributed by atoms with Crippen LogP contribution in [0.25, 0.3) is 0 Å². The highest BCUT2D eigenvalue weighted by Crippen LogP contribution is 2.38. The molecule has 4 nitrogen and oxygen atoms in total. The Balaban J connectivity index is 2.08. The second kappa shape index (κ2) is 9.11. The predicted molar refractivity (Wildman–Crippen MR) is 113 cm³/mol. The molecule has 0 spiro atoms. The minimum atomic E-state index is -0.259. The standard InChI is InChI=1S/C23H26N2O2S/c1-5-27-23(26)20-15-25(14-18-10-12-24-13-11-18)22(21(20)16(2)3)28-19-8-6-17(4)7-9-19/h6-13,15-16H,5,14H2,1-4H3. The van der Waals surface area contributed by atoms with Gasteiger partial charge in [-0.3, -0.25) is 4.98 Å². The van der Waals surface area contributed by atoms with Gasteiger partial charge in [-0.1, -0.05) is 43.3 Å². The van der Waals surface area contributed by atoms with Crippen molar-refractivity contribution in [3.8, 4) is 0 Å². The molecule has 0 amide bonds. The summed E-state index contributed by atoms with van der Waals surface area (Å²) in [6, 6.07) is 12.5. The summed E-state index contributed by atoms with van der Waals surface area (Å²) < 4.78 is 7.49. The van der Waals surface area contributed by atoms with Gasteiger partial charge in [0.05, 0.1) is 17.2 Å². The topological polar surface area (TPSA) is 44.1 Å². The molecular weight excluding hydrogens is 368 g/mol. The first kappa shape index (κ1) is 20.2. The fourth-order valence-electron chi connectivity index (χ4n) is 3.12. The number of carbonyl (C=O) groups excluding carboxylic acids is 1. The molecule has 3 rings (SSSR count). The van der Waals surface area contributed by atoms with Crippen molar-refractivity contribution in [2.24, 2.45) is 0 Å². The van der Waals surface area contributed by atoms with E-state index in [1.165, 1.54) is 5.56 Å². The van der Waals surface area contributed by atoms with Gasteiger partial charge in [-0.25, -0.2) is 4.79 Å². The van der Waals surface area contributed by atoms with E-state index in [0.29, 0.717) is 18.7 Å². The lowest BCUT2D eigenvalue weighted by atomic mass is 10.0. The minimum Gasteiger partial charge on any atom is -0.462 e. The van der Waals surface area contributed by atoms with Crippen LogP contribution in [0.4, 0.5) is 0 Å². The summed E-state index contributed by atoms with van der Waals surface area (Å²) in [5.41, 5.74) is 4.06. The van der Waals surface area contributed by atoms with Crippen molar-refractivity contribution in [3.05, 3.63) is 77.2 Å². The van der Waals surface area contributed by atoms with E-state index < -0.39 is 0 Å². The van der Waals surface area contributed by atoms with E-state index in [1.807, 2.05) is 25.3 Å². The molecule has 28 heavy (non-hydrogen) atoms. The largest absolute Gasteiger partial charge is 0.462 e. The van der Waals surface area contributed by atoms with Gasteiger partial charge in [-0.15, -0.1) is 0 Å². The van der Waals surface area contributed by atoms with Gasteiger partial charge >= 0.3 is 5.97 Å². The number of ether oxygens (including phenoxy) is 1. The van der Waals surface area contributed by atoms with E-state index in [2.05, 4.69) is 54.6 Å². The van der Waals surface area contributed by atoms with Crippen LogP contribution in [0.5, 0.6) is 0 Å². The van der Waals surface area contributed by atoms with Gasteiger partial charge in [0.25, 0.3) is 0 Å². The Bertz CT molecular complexity index is 931. The zero-order chi connectivity index (χ0) is 20.1. The zero-order valence-electron chi connectivity index (χ0n) is 16.8. The van der Waals surface area contributed by atoms with Crippen LogP contribution in [0.2, 0.25) is 0 Å². The van der Waals surface area contributed by atoms with E-state index in [1.54, 1.807) is 24.2 Å². The number of benzene rings is 1. The van der Waals surface area contributed by atoms with Crippen molar-refractivity contribution < 1.29 is 9.53 Å². The molecule has 146 valence electrons. The van der Waals surface area contributed by atoms with Gasteiger partial charge in [0.15, 0.2) is 0 Å². The number of carbonyl (C=O) groups is 1. The summed E-state index contributed by atoms with van der Waals surface area (Å²) in [7, 11) is 0. The molecule has 0 saturated carbocycles. The second-order valence-corrected chi connectivity index (χ2v) is 8.10. The first-order valence-electron chi connectivity index (χ1n) is 9.53. The molecule has 3 aromatic rings.